The zero-order valence-corrected chi connectivity index (χ0v) is 11.4. The van der Waals surface area contributed by atoms with Gasteiger partial charge in [-0.1, -0.05) is 34.5 Å². The molecule has 1 aromatic rings. The van der Waals surface area contributed by atoms with Crippen molar-refractivity contribution in [3.8, 4) is 5.75 Å². The van der Waals surface area contributed by atoms with Gasteiger partial charge in [-0.3, -0.25) is 4.79 Å². The van der Waals surface area contributed by atoms with Crippen LogP contribution >= 0.6 is 27.5 Å². The average Bonchev–Trinajstić information content (AvgIpc) is 2.28. The number of rotatable bonds is 4. The van der Waals surface area contributed by atoms with Gasteiger partial charge in [-0.05, 0) is 24.6 Å². The Morgan fingerprint density at radius 2 is 2.31 bits per heavy atom. The maximum atomic E-state index is 11.7. The largest absolute Gasteiger partial charge is 0.495 e. The molecule has 1 unspecified atom stereocenters. The Morgan fingerprint density at radius 3 is 2.88 bits per heavy atom. The number of carbonyl (C=O) groups excluding carboxylic acids is 1. The summed E-state index contributed by atoms with van der Waals surface area (Å²) in [6.45, 7) is 1.92. The first-order valence-corrected chi connectivity index (χ1v) is 6.16. The second kappa shape index (κ2) is 6.11. The number of alkyl halides is 1. The van der Waals surface area contributed by atoms with Gasteiger partial charge >= 0.3 is 0 Å². The van der Waals surface area contributed by atoms with E-state index in [0.29, 0.717) is 22.9 Å². The third-order valence-electron chi connectivity index (χ3n) is 2.06. The van der Waals surface area contributed by atoms with E-state index in [1.165, 1.54) is 0 Å². The lowest BCUT2D eigenvalue weighted by Gasteiger charge is -2.12. The summed E-state index contributed by atoms with van der Waals surface area (Å²) >= 11 is 9.13. The van der Waals surface area contributed by atoms with Crippen molar-refractivity contribution in [2.75, 3.05) is 12.4 Å². The van der Waals surface area contributed by atoms with E-state index < -0.39 is 0 Å². The van der Waals surface area contributed by atoms with Crippen molar-refractivity contribution in [3.05, 3.63) is 23.2 Å². The molecule has 3 nitrogen and oxygen atoms in total. The summed E-state index contributed by atoms with van der Waals surface area (Å²) in [4.78, 5) is 11.5. The lowest BCUT2D eigenvalue weighted by Crippen LogP contribution is -2.22. The van der Waals surface area contributed by atoms with E-state index in [4.69, 9.17) is 16.3 Å². The van der Waals surface area contributed by atoms with Gasteiger partial charge < -0.3 is 10.1 Å². The highest BCUT2D eigenvalue weighted by atomic mass is 79.9. The predicted molar refractivity (Wildman–Crippen MR) is 69.6 cm³/mol. The monoisotopic (exact) mass is 305 g/mol. The lowest BCUT2D eigenvalue weighted by molar-refractivity contribution is -0.115. The Kier molecular flexibility index (Phi) is 5.09. The second-order valence-electron chi connectivity index (χ2n) is 3.21. The molecule has 0 saturated heterocycles. The molecule has 0 heterocycles. The molecule has 1 N–H and O–H groups in total. The molecule has 1 atom stereocenters. The molecule has 5 heteroatoms. The Hall–Kier alpha value is -0.740. The molecule has 1 amide bonds. The maximum absolute atomic E-state index is 11.7. The molecule has 1 aromatic carbocycles. The number of nitrogens with one attached hydrogen (secondary N) is 1. The first kappa shape index (κ1) is 13.3. The minimum absolute atomic E-state index is 0.108. The van der Waals surface area contributed by atoms with Crippen LogP contribution in [0.4, 0.5) is 5.69 Å². The predicted octanol–water partition coefficient (Wildman–Crippen LogP) is 3.46. The Bertz CT molecular complexity index is 384. The molecule has 0 aliphatic rings. The minimum Gasteiger partial charge on any atom is -0.495 e. The molecule has 0 aliphatic carbocycles. The first-order valence-electron chi connectivity index (χ1n) is 4.87. The number of methoxy groups -OCH3 is 1. The Labute approximate surface area is 108 Å². The number of anilines is 1. The summed E-state index contributed by atoms with van der Waals surface area (Å²) in [5, 5.41) is 3.31. The van der Waals surface area contributed by atoms with Gasteiger partial charge in [0.25, 0.3) is 0 Å². The van der Waals surface area contributed by atoms with Crippen LogP contribution in [-0.4, -0.2) is 17.8 Å². The van der Waals surface area contributed by atoms with Crippen LogP contribution in [0, 0.1) is 0 Å². The van der Waals surface area contributed by atoms with Gasteiger partial charge in [-0.25, -0.2) is 0 Å². The number of benzene rings is 1. The standard InChI is InChI=1S/C11H13BrClNO2/c1-3-8(12)11(15)14-9-6-7(13)4-5-10(9)16-2/h4-6,8H,3H2,1-2H3,(H,14,15). The van der Waals surface area contributed by atoms with Crippen molar-refractivity contribution in [3.63, 3.8) is 0 Å². The number of hydrogen-bond donors (Lipinski definition) is 1. The maximum Gasteiger partial charge on any atom is 0.238 e. The summed E-state index contributed by atoms with van der Waals surface area (Å²) in [5.74, 6) is 0.483. The highest BCUT2D eigenvalue weighted by Gasteiger charge is 2.14. The normalized spacial score (nSPS) is 12.0. The number of halogens is 2. The van der Waals surface area contributed by atoms with Crippen LogP contribution in [0.1, 0.15) is 13.3 Å². The van der Waals surface area contributed by atoms with Crippen molar-refractivity contribution < 1.29 is 9.53 Å². The molecule has 0 bridgehead atoms. The van der Waals surface area contributed by atoms with E-state index >= 15 is 0 Å². The molecule has 1 rings (SSSR count). The topological polar surface area (TPSA) is 38.3 Å². The molecule has 0 fully saturated rings. The molecule has 0 radical (unpaired) electrons. The van der Waals surface area contributed by atoms with Crippen LogP contribution in [-0.2, 0) is 4.79 Å². The number of carbonyl (C=O) groups is 1. The third-order valence-corrected chi connectivity index (χ3v) is 3.36. The average molecular weight is 307 g/mol. The van der Waals surface area contributed by atoms with Gasteiger partial charge in [0.1, 0.15) is 5.75 Å². The van der Waals surface area contributed by atoms with Gasteiger partial charge in [0.05, 0.1) is 17.6 Å². The fraction of sp³-hybridized carbons (Fsp3) is 0.364. The minimum atomic E-state index is -0.212. The molecule has 0 aliphatic heterocycles. The van der Waals surface area contributed by atoms with Gasteiger partial charge in [0.2, 0.25) is 5.91 Å². The molecule has 0 saturated carbocycles. The lowest BCUT2D eigenvalue weighted by atomic mass is 10.2. The third kappa shape index (κ3) is 3.39. The van der Waals surface area contributed by atoms with Crippen LogP contribution in [0.3, 0.4) is 0 Å². The fourth-order valence-corrected chi connectivity index (χ4v) is 1.46. The van der Waals surface area contributed by atoms with Gasteiger partial charge in [-0.15, -0.1) is 0 Å². The summed E-state index contributed by atoms with van der Waals surface area (Å²) < 4.78 is 5.13. The molecule has 0 aromatic heterocycles. The highest BCUT2D eigenvalue weighted by molar-refractivity contribution is 9.10. The molecule has 0 spiro atoms. The SMILES string of the molecule is CCC(Br)C(=O)Nc1cc(Cl)ccc1OC. The van der Waals surface area contributed by atoms with Crippen molar-refractivity contribution >= 4 is 39.1 Å². The smallest absolute Gasteiger partial charge is 0.238 e. The van der Waals surface area contributed by atoms with Gasteiger partial charge in [0.15, 0.2) is 0 Å². The zero-order chi connectivity index (χ0) is 12.1. The van der Waals surface area contributed by atoms with Crippen molar-refractivity contribution in [1.82, 2.24) is 0 Å². The Morgan fingerprint density at radius 1 is 1.62 bits per heavy atom. The molecular formula is C11H13BrClNO2. The fourth-order valence-electron chi connectivity index (χ4n) is 1.17. The number of hydrogen-bond acceptors (Lipinski definition) is 2. The van der Waals surface area contributed by atoms with Crippen LogP contribution in [0.15, 0.2) is 18.2 Å². The molecular weight excluding hydrogens is 293 g/mol. The summed E-state index contributed by atoms with van der Waals surface area (Å²) in [6.07, 6.45) is 0.717. The van der Waals surface area contributed by atoms with Crippen LogP contribution in [0.5, 0.6) is 5.75 Å². The summed E-state index contributed by atoms with van der Waals surface area (Å²) in [7, 11) is 1.55. The molecule has 16 heavy (non-hydrogen) atoms. The quantitative estimate of drug-likeness (QED) is 0.865. The van der Waals surface area contributed by atoms with E-state index in [1.807, 2.05) is 6.92 Å². The second-order valence-corrected chi connectivity index (χ2v) is 4.75. The molecule has 88 valence electrons. The highest BCUT2D eigenvalue weighted by Crippen LogP contribution is 2.28. The van der Waals surface area contributed by atoms with E-state index in [0.717, 1.165) is 0 Å². The first-order chi connectivity index (χ1) is 7.58. The van der Waals surface area contributed by atoms with Crippen molar-refractivity contribution in [2.45, 2.75) is 18.2 Å². The van der Waals surface area contributed by atoms with Gasteiger partial charge in [0, 0.05) is 5.02 Å². The Balaban J connectivity index is 2.87. The van der Waals surface area contributed by atoms with E-state index in [-0.39, 0.29) is 10.7 Å². The van der Waals surface area contributed by atoms with E-state index in [2.05, 4.69) is 21.2 Å². The van der Waals surface area contributed by atoms with Crippen LogP contribution in [0.25, 0.3) is 0 Å². The summed E-state index contributed by atoms with van der Waals surface area (Å²) in [6, 6.07) is 5.09. The van der Waals surface area contributed by atoms with E-state index in [9.17, 15) is 4.79 Å². The van der Waals surface area contributed by atoms with Gasteiger partial charge in [-0.2, -0.15) is 0 Å². The van der Waals surface area contributed by atoms with E-state index in [1.54, 1.807) is 25.3 Å². The van der Waals surface area contributed by atoms with Crippen LogP contribution < -0.4 is 10.1 Å². The summed E-state index contributed by atoms with van der Waals surface area (Å²) in [5.41, 5.74) is 0.581. The number of ether oxygens (including phenoxy) is 1. The van der Waals surface area contributed by atoms with Crippen molar-refractivity contribution in [2.24, 2.45) is 0 Å². The van der Waals surface area contributed by atoms with Crippen molar-refractivity contribution in [1.29, 1.82) is 0 Å². The zero-order valence-electron chi connectivity index (χ0n) is 9.09. The number of amides is 1. The van der Waals surface area contributed by atoms with Crippen LogP contribution in [0.2, 0.25) is 5.02 Å².